The van der Waals surface area contributed by atoms with Gasteiger partial charge in [-0.1, -0.05) is 70.4 Å². The summed E-state index contributed by atoms with van der Waals surface area (Å²) in [6.45, 7) is 2.71. The second-order valence-corrected chi connectivity index (χ2v) is 9.50. The van der Waals surface area contributed by atoms with Crippen LogP contribution in [0.3, 0.4) is 0 Å². The molecule has 0 aliphatic heterocycles. The van der Waals surface area contributed by atoms with Crippen LogP contribution in [0.5, 0.6) is 0 Å². The fourth-order valence-corrected chi connectivity index (χ4v) is 3.53. The van der Waals surface area contributed by atoms with Gasteiger partial charge in [-0.15, -0.1) is 0 Å². The summed E-state index contributed by atoms with van der Waals surface area (Å²) >= 11 is 0. The van der Waals surface area contributed by atoms with Gasteiger partial charge in [-0.25, -0.2) is 0 Å². The van der Waals surface area contributed by atoms with Gasteiger partial charge in [0.2, 0.25) is 0 Å². The van der Waals surface area contributed by atoms with Gasteiger partial charge >= 0.3 is 5.97 Å². The third-order valence-electron chi connectivity index (χ3n) is 5.09. The molecule has 0 spiro atoms. The molecule has 0 saturated heterocycles. The number of hydrogen-bond acceptors (Lipinski definition) is 4. The Labute approximate surface area is 185 Å². The first-order valence-corrected chi connectivity index (χ1v) is 12.1. The highest BCUT2D eigenvalue weighted by atomic mass is 16.5. The molecular formula is C25H47NO4. The van der Waals surface area contributed by atoms with E-state index in [4.69, 9.17) is 4.74 Å². The zero-order chi connectivity index (χ0) is 22.7. The van der Waals surface area contributed by atoms with Gasteiger partial charge in [0.1, 0.15) is 6.54 Å². The predicted octanol–water partition coefficient (Wildman–Crippen LogP) is 4.78. The number of nitrogens with zero attached hydrogens (tertiary/aromatic N) is 1. The van der Waals surface area contributed by atoms with Crippen molar-refractivity contribution >= 4 is 11.9 Å². The van der Waals surface area contributed by atoms with Crippen molar-refractivity contribution in [2.24, 2.45) is 0 Å². The first-order valence-electron chi connectivity index (χ1n) is 12.1. The third kappa shape index (κ3) is 21.4. The van der Waals surface area contributed by atoms with Crippen LogP contribution < -0.4 is 5.11 Å². The van der Waals surface area contributed by atoms with Crippen LogP contribution in [-0.2, 0) is 14.3 Å². The van der Waals surface area contributed by atoms with Crippen molar-refractivity contribution in [3.05, 3.63) is 12.2 Å². The Hall–Kier alpha value is -1.36. The molecule has 5 heteroatoms. The van der Waals surface area contributed by atoms with Gasteiger partial charge in [0.25, 0.3) is 0 Å². The zero-order valence-electron chi connectivity index (χ0n) is 20.1. The van der Waals surface area contributed by atoms with Gasteiger partial charge in [0, 0.05) is 18.8 Å². The van der Waals surface area contributed by atoms with E-state index < -0.39 is 12.1 Å². The number of likely N-dealkylation sites (N-methyl/N-ethyl adjacent to an activating group) is 1. The molecule has 0 bridgehead atoms. The first kappa shape index (κ1) is 28.6. The molecule has 0 aromatic heterocycles. The number of ether oxygens (including phenoxy) is 1. The van der Waals surface area contributed by atoms with Crippen LogP contribution >= 0.6 is 0 Å². The summed E-state index contributed by atoms with van der Waals surface area (Å²) in [6, 6.07) is 0. The van der Waals surface area contributed by atoms with Crippen LogP contribution in [0.4, 0.5) is 0 Å². The molecule has 0 N–H and O–H groups in total. The summed E-state index contributed by atoms with van der Waals surface area (Å²) < 4.78 is 5.92. The van der Waals surface area contributed by atoms with Crippen molar-refractivity contribution < 1.29 is 23.9 Å². The fourth-order valence-electron chi connectivity index (χ4n) is 3.53. The molecule has 0 radical (unpaired) electrons. The Balaban J connectivity index is 3.63. The summed E-state index contributed by atoms with van der Waals surface area (Å²) in [6.07, 6.45) is 19.9. The van der Waals surface area contributed by atoms with E-state index in [9.17, 15) is 14.7 Å². The quantitative estimate of drug-likeness (QED) is 0.122. The molecule has 5 nitrogen and oxygen atoms in total. The molecule has 0 aliphatic rings. The Morgan fingerprint density at radius 2 is 1.33 bits per heavy atom. The standard InChI is InChI=1S/C25H47NO4/c1-5-6-7-8-9-10-11-12-13-14-15-16-17-18-19-20-25(29)30-23(21-24(27)28)22-26(2,3)4/h10-11,23H,5-9,12-22H2,1-4H3/b11-10-/t23-/m0/s1. The van der Waals surface area contributed by atoms with Gasteiger partial charge in [-0.3, -0.25) is 4.79 Å². The van der Waals surface area contributed by atoms with Gasteiger partial charge < -0.3 is 19.1 Å². The van der Waals surface area contributed by atoms with E-state index in [1.54, 1.807) is 0 Å². The third-order valence-corrected chi connectivity index (χ3v) is 5.09. The summed E-state index contributed by atoms with van der Waals surface area (Å²) in [5.41, 5.74) is 0. The summed E-state index contributed by atoms with van der Waals surface area (Å²) in [7, 11) is 5.84. The maximum Gasteiger partial charge on any atom is 0.306 e. The summed E-state index contributed by atoms with van der Waals surface area (Å²) in [4.78, 5) is 22.9. The molecule has 0 rings (SSSR count). The Morgan fingerprint density at radius 1 is 0.833 bits per heavy atom. The molecule has 0 saturated carbocycles. The summed E-state index contributed by atoms with van der Waals surface area (Å²) in [5.74, 6) is -1.47. The van der Waals surface area contributed by atoms with Crippen LogP contribution in [0.2, 0.25) is 0 Å². The second-order valence-electron chi connectivity index (χ2n) is 9.50. The van der Waals surface area contributed by atoms with E-state index in [2.05, 4.69) is 19.1 Å². The topological polar surface area (TPSA) is 66.4 Å². The Kier molecular flexibility index (Phi) is 17.6. The number of allylic oxidation sites excluding steroid dienone is 2. The number of esters is 1. The lowest BCUT2D eigenvalue weighted by Gasteiger charge is -2.29. The number of unbranched alkanes of at least 4 members (excludes halogenated alkanes) is 11. The Morgan fingerprint density at radius 3 is 1.83 bits per heavy atom. The van der Waals surface area contributed by atoms with Crippen LogP contribution in [0.25, 0.3) is 0 Å². The van der Waals surface area contributed by atoms with Crippen molar-refractivity contribution in [2.75, 3.05) is 27.7 Å². The average Bonchev–Trinajstić information content (AvgIpc) is 2.63. The number of aliphatic carboxylic acids is 1. The van der Waals surface area contributed by atoms with Crippen LogP contribution in [0.1, 0.15) is 103 Å². The number of hydrogen-bond donors (Lipinski definition) is 0. The maximum absolute atomic E-state index is 12.0. The van der Waals surface area contributed by atoms with E-state index in [1.807, 2.05) is 21.1 Å². The molecular weight excluding hydrogens is 378 g/mol. The number of carbonyl (C=O) groups is 2. The number of rotatable bonds is 20. The molecule has 0 aromatic rings. The smallest absolute Gasteiger partial charge is 0.306 e. The van der Waals surface area contributed by atoms with E-state index in [0.29, 0.717) is 17.4 Å². The fraction of sp³-hybridized carbons (Fsp3) is 0.840. The predicted molar refractivity (Wildman–Crippen MR) is 122 cm³/mol. The van der Waals surface area contributed by atoms with Crippen LogP contribution in [0.15, 0.2) is 12.2 Å². The van der Waals surface area contributed by atoms with Gasteiger partial charge in [-0.05, 0) is 32.1 Å². The minimum atomic E-state index is -1.18. The molecule has 176 valence electrons. The van der Waals surface area contributed by atoms with Crippen molar-refractivity contribution in [3.63, 3.8) is 0 Å². The Bertz CT molecular complexity index is 468. The first-order chi connectivity index (χ1) is 14.2. The molecule has 30 heavy (non-hydrogen) atoms. The number of carbonyl (C=O) groups excluding carboxylic acids is 2. The molecule has 0 aliphatic carbocycles. The monoisotopic (exact) mass is 425 g/mol. The highest BCUT2D eigenvalue weighted by Gasteiger charge is 2.22. The van der Waals surface area contributed by atoms with E-state index in [-0.39, 0.29) is 12.4 Å². The highest BCUT2D eigenvalue weighted by molar-refractivity contribution is 5.70. The van der Waals surface area contributed by atoms with E-state index in [0.717, 1.165) is 19.3 Å². The lowest BCUT2D eigenvalue weighted by molar-refractivity contribution is -0.873. The van der Waals surface area contributed by atoms with E-state index >= 15 is 0 Å². The van der Waals surface area contributed by atoms with Crippen molar-refractivity contribution in [2.45, 2.75) is 109 Å². The van der Waals surface area contributed by atoms with E-state index in [1.165, 1.54) is 64.2 Å². The summed E-state index contributed by atoms with van der Waals surface area (Å²) in [5, 5.41) is 10.9. The van der Waals surface area contributed by atoms with Crippen molar-refractivity contribution in [1.29, 1.82) is 0 Å². The molecule has 0 unspecified atom stereocenters. The maximum atomic E-state index is 12.0. The number of carboxylic acids is 1. The molecule has 0 amide bonds. The lowest BCUT2D eigenvalue weighted by Crippen LogP contribution is -2.45. The van der Waals surface area contributed by atoms with Crippen LogP contribution in [0, 0.1) is 0 Å². The van der Waals surface area contributed by atoms with Crippen molar-refractivity contribution in [1.82, 2.24) is 0 Å². The van der Waals surface area contributed by atoms with Crippen molar-refractivity contribution in [3.8, 4) is 0 Å². The molecule has 0 aromatic carbocycles. The molecule has 1 atom stereocenters. The molecule has 0 fully saturated rings. The number of carboxylic acid groups (broad SMARTS) is 1. The lowest BCUT2D eigenvalue weighted by atomic mass is 10.1. The second kappa shape index (κ2) is 18.4. The van der Waals surface area contributed by atoms with Gasteiger partial charge in [0.15, 0.2) is 6.10 Å². The molecule has 0 heterocycles. The van der Waals surface area contributed by atoms with Gasteiger partial charge in [-0.2, -0.15) is 0 Å². The minimum absolute atomic E-state index is 0.241. The minimum Gasteiger partial charge on any atom is -0.550 e. The van der Waals surface area contributed by atoms with Crippen LogP contribution in [-0.4, -0.2) is 50.2 Å². The highest BCUT2D eigenvalue weighted by Crippen LogP contribution is 2.12. The number of quaternary nitrogens is 1. The zero-order valence-corrected chi connectivity index (χ0v) is 20.1. The van der Waals surface area contributed by atoms with Gasteiger partial charge in [0.05, 0.1) is 21.1 Å². The average molecular weight is 426 g/mol. The normalized spacial score (nSPS) is 12.9. The SMILES string of the molecule is CCCCCC/C=C\CCCCCCCCCC(=O)O[C@@H](CC(=O)[O-])C[N+](C)(C)C. The largest absolute Gasteiger partial charge is 0.550 e.